The number of thioether (sulfide) groups is 1. The summed E-state index contributed by atoms with van der Waals surface area (Å²) in [6.07, 6.45) is 5.16. The van der Waals surface area contributed by atoms with Crippen molar-refractivity contribution in [3.63, 3.8) is 0 Å². The van der Waals surface area contributed by atoms with E-state index < -0.39 is 0 Å². The molecule has 11 heavy (non-hydrogen) atoms. The summed E-state index contributed by atoms with van der Waals surface area (Å²) in [6.45, 7) is 4.55. The van der Waals surface area contributed by atoms with E-state index in [4.69, 9.17) is 5.73 Å². The van der Waals surface area contributed by atoms with E-state index in [-0.39, 0.29) is 0 Å². The van der Waals surface area contributed by atoms with Crippen molar-refractivity contribution in [1.82, 2.24) is 0 Å². The second kappa shape index (κ2) is 4.36. The predicted molar refractivity (Wildman–Crippen MR) is 53.0 cm³/mol. The van der Waals surface area contributed by atoms with Crippen LogP contribution < -0.4 is 5.73 Å². The third-order valence-electron chi connectivity index (χ3n) is 2.18. The number of nitrogens with two attached hydrogens (primary N) is 1. The third-order valence-corrected chi connectivity index (χ3v) is 3.58. The van der Waals surface area contributed by atoms with E-state index in [1.807, 2.05) is 0 Å². The fourth-order valence-corrected chi connectivity index (χ4v) is 2.92. The van der Waals surface area contributed by atoms with Crippen molar-refractivity contribution in [1.29, 1.82) is 0 Å². The lowest BCUT2D eigenvalue weighted by atomic mass is 9.96. The number of hydrogen-bond acceptors (Lipinski definition) is 2. The summed E-state index contributed by atoms with van der Waals surface area (Å²) in [5.74, 6) is 0. The zero-order chi connectivity index (χ0) is 8.27. The molecule has 2 heteroatoms. The summed E-state index contributed by atoms with van der Waals surface area (Å²) in [5, 5.41) is 1.68. The van der Waals surface area contributed by atoms with Gasteiger partial charge >= 0.3 is 0 Å². The lowest BCUT2D eigenvalue weighted by Crippen LogP contribution is -2.28. The topological polar surface area (TPSA) is 26.0 Å². The fourth-order valence-electron chi connectivity index (χ4n) is 1.61. The molecule has 0 bridgehead atoms. The first-order valence-corrected chi connectivity index (χ1v) is 5.54. The van der Waals surface area contributed by atoms with Crippen molar-refractivity contribution in [3.8, 4) is 0 Å². The fraction of sp³-hybridized carbons (Fsp3) is 1.00. The van der Waals surface area contributed by atoms with Crippen LogP contribution >= 0.6 is 11.8 Å². The molecule has 1 rings (SSSR count). The molecule has 0 amide bonds. The third kappa shape index (κ3) is 3.48. The van der Waals surface area contributed by atoms with E-state index in [1.54, 1.807) is 0 Å². The van der Waals surface area contributed by atoms with E-state index in [1.165, 1.54) is 25.7 Å². The summed E-state index contributed by atoms with van der Waals surface area (Å²) in [7, 11) is 0. The van der Waals surface area contributed by atoms with Crippen molar-refractivity contribution in [3.05, 3.63) is 0 Å². The Labute approximate surface area is 74.1 Å². The van der Waals surface area contributed by atoms with Crippen LogP contribution in [-0.2, 0) is 0 Å². The largest absolute Gasteiger partial charge is 0.328 e. The Hall–Kier alpha value is 0.310. The highest BCUT2D eigenvalue weighted by Crippen LogP contribution is 2.30. The van der Waals surface area contributed by atoms with Gasteiger partial charge in [-0.05, 0) is 30.9 Å². The van der Waals surface area contributed by atoms with Crippen LogP contribution in [-0.4, -0.2) is 16.5 Å². The summed E-state index contributed by atoms with van der Waals surface area (Å²) in [5.41, 5.74) is 5.82. The highest BCUT2D eigenvalue weighted by molar-refractivity contribution is 8.00. The molecule has 0 aromatic rings. The van der Waals surface area contributed by atoms with Crippen LogP contribution in [0.5, 0.6) is 0 Å². The summed E-state index contributed by atoms with van der Waals surface area (Å²) in [6, 6.07) is 0.499. The lowest BCUT2D eigenvalue weighted by molar-refractivity contribution is 0.450. The molecule has 1 fully saturated rings. The van der Waals surface area contributed by atoms with E-state index in [0.717, 1.165) is 10.5 Å². The first kappa shape index (κ1) is 9.40. The van der Waals surface area contributed by atoms with E-state index in [2.05, 4.69) is 25.6 Å². The molecule has 0 saturated heterocycles. The molecule has 0 aliphatic heterocycles. The van der Waals surface area contributed by atoms with Crippen LogP contribution in [0, 0.1) is 0 Å². The smallest absolute Gasteiger partial charge is 0.00507 e. The van der Waals surface area contributed by atoms with Gasteiger partial charge in [-0.3, -0.25) is 0 Å². The van der Waals surface area contributed by atoms with Gasteiger partial charge in [-0.1, -0.05) is 13.8 Å². The van der Waals surface area contributed by atoms with Gasteiger partial charge in [-0.2, -0.15) is 11.8 Å². The second-order valence-corrected chi connectivity index (χ2v) is 5.60. The van der Waals surface area contributed by atoms with Gasteiger partial charge in [0.1, 0.15) is 0 Å². The molecule has 0 unspecified atom stereocenters. The molecular formula is C9H19NS. The zero-order valence-electron chi connectivity index (χ0n) is 7.55. The van der Waals surface area contributed by atoms with Crippen LogP contribution in [0.1, 0.15) is 39.5 Å². The van der Waals surface area contributed by atoms with Gasteiger partial charge in [0, 0.05) is 11.3 Å². The van der Waals surface area contributed by atoms with Crippen molar-refractivity contribution in [2.24, 2.45) is 5.73 Å². The molecule has 1 saturated carbocycles. The highest BCUT2D eigenvalue weighted by atomic mass is 32.2. The van der Waals surface area contributed by atoms with E-state index in [9.17, 15) is 0 Å². The Morgan fingerprint density at radius 3 is 2.18 bits per heavy atom. The Morgan fingerprint density at radius 2 is 1.73 bits per heavy atom. The standard InChI is InChI=1S/C9H19NS/c1-7(2)11-9-5-3-8(10)4-6-9/h7-9H,3-6,10H2,1-2H3. The predicted octanol–water partition coefficient (Wildman–Crippen LogP) is 2.40. The molecule has 0 aromatic heterocycles. The molecular weight excluding hydrogens is 154 g/mol. The average molecular weight is 173 g/mol. The lowest BCUT2D eigenvalue weighted by Gasteiger charge is -2.26. The van der Waals surface area contributed by atoms with Crippen molar-refractivity contribution < 1.29 is 0 Å². The monoisotopic (exact) mass is 173 g/mol. The first-order chi connectivity index (χ1) is 5.18. The van der Waals surface area contributed by atoms with Gasteiger partial charge in [0.05, 0.1) is 0 Å². The minimum atomic E-state index is 0.499. The Morgan fingerprint density at radius 1 is 1.18 bits per heavy atom. The molecule has 0 spiro atoms. The van der Waals surface area contributed by atoms with Gasteiger partial charge < -0.3 is 5.73 Å². The molecule has 1 aliphatic carbocycles. The van der Waals surface area contributed by atoms with Gasteiger partial charge in [-0.25, -0.2) is 0 Å². The van der Waals surface area contributed by atoms with Gasteiger partial charge in [-0.15, -0.1) is 0 Å². The van der Waals surface area contributed by atoms with Gasteiger partial charge in [0.15, 0.2) is 0 Å². The second-order valence-electron chi connectivity index (χ2n) is 3.72. The van der Waals surface area contributed by atoms with Crippen LogP contribution in [0.15, 0.2) is 0 Å². The number of hydrogen-bond donors (Lipinski definition) is 1. The summed E-state index contributed by atoms with van der Waals surface area (Å²) >= 11 is 2.12. The Bertz CT molecular complexity index is 106. The van der Waals surface area contributed by atoms with E-state index in [0.29, 0.717) is 6.04 Å². The SMILES string of the molecule is CC(C)SC1CCC(N)CC1. The van der Waals surface area contributed by atoms with E-state index >= 15 is 0 Å². The zero-order valence-corrected chi connectivity index (χ0v) is 8.36. The normalized spacial score (nSPS) is 32.7. The van der Waals surface area contributed by atoms with Gasteiger partial charge in [0.25, 0.3) is 0 Å². The van der Waals surface area contributed by atoms with Crippen molar-refractivity contribution in [2.45, 2.75) is 56.1 Å². The van der Waals surface area contributed by atoms with Gasteiger partial charge in [0.2, 0.25) is 0 Å². The van der Waals surface area contributed by atoms with Crippen molar-refractivity contribution >= 4 is 11.8 Å². The van der Waals surface area contributed by atoms with Crippen LogP contribution in [0.4, 0.5) is 0 Å². The Balaban J connectivity index is 2.17. The van der Waals surface area contributed by atoms with Crippen LogP contribution in [0.3, 0.4) is 0 Å². The summed E-state index contributed by atoms with van der Waals surface area (Å²) in [4.78, 5) is 0. The summed E-state index contributed by atoms with van der Waals surface area (Å²) < 4.78 is 0. The minimum absolute atomic E-state index is 0.499. The molecule has 0 heterocycles. The average Bonchev–Trinajstić information content (AvgIpc) is 1.93. The number of rotatable bonds is 2. The Kier molecular flexibility index (Phi) is 3.73. The maximum absolute atomic E-state index is 5.82. The molecule has 0 radical (unpaired) electrons. The maximum Gasteiger partial charge on any atom is 0.00507 e. The maximum atomic E-state index is 5.82. The quantitative estimate of drug-likeness (QED) is 0.694. The highest BCUT2D eigenvalue weighted by Gasteiger charge is 2.19. The first-order valence-electron chi connectivity index (χ1n) is 4.59. The van der Waals surface area contributed by atoms with Crippen LogP contribution in [0.25, 0.3) is 0 Å². The molecule has 2 N–H and O–H groups in total. The molecule has 66 valence electrons. The minimum Gasteiger partial charge on any atom is -0.328 e. The molecule has 1 aliphatic rings. The molecule has 0 aromatic carbocycles. The van der Waals surface area contributed by atoms with Crippen LogP contribution in [0.2, 0.25) is 0 Å². The molecule has 1 nitrogen and oxygen atoms in total. The molecule has 0 atom stereocenters. The van der Waals surface area contributed by atoms with Crippen molar-refractivity contribution in [2.75, 3.05) is 0 Å².